The van der Waals surface area contributed by atoms with Crippen LogP contribution in [0.15, 0.2) is 52.1 Å². The Balaban J connectivity index is 1.31. The first-order valence-corrected chi connectivity index (χ1v) is 11.2. The minimum atomic E-state index is -0.537. The van der Waals surface area contributed by atoms with Crippen molar-refractivity contribution in [2.24, 2.45) is 0 Å². The van der Waals surface area contributed by atoms with Crippen LogP contribution in [0, 0.1) is 0 Å². The summed E-state index contributed by atoms with van der Waals surface area (Å²) in [6.45, 7) is 1.68. The van der Waals surface area contributed by atoms with Gasteiger partial charge in [-0.25, -0.2) is 9.59 Å². The third-order valence-corrected chi connectivity index (χ3v) is 6.16. The van der Waals surface area contributed by atoms with Crippen LogP contribution < -0.4 is 11.2 Å². The van der Waals surface area contributed by atoms with Crippen LogP contribution >= 0.6 is 0 Å². The first kappa shape index (κ1) is 22.5. The molecule has 0 fully saturated rings. The average molecular weight is 450 g/mol. The van der Waals surface area contributed by atoms with Gasteiger partial charge in [-0.3, -0.25) is 14.2 Å². The van der Waals surface area contributed by atoms with Crippen LogP contribution in [0.25, 0.3) is 10.9 Å². The largest absolute Gasteiger partial charge is 0.465 e. The van der Waals surface area contributed by atoms with Gasteiger partial charge in [-0.05, 0) is 48.6 Å². The van der Waals surface area contributed by atoms with Crippen molar-refractivity contribution < 1.29 is 14.3 Å². The molecular formula is C25H27N3O5. The van der Waals surface area contributed by atoms with E-state index in [0.29, 0.717) is 36.7 Å². The third kappa shape index (κ3) is 4.89. The molecule has 0 unspecified atom stereocenters. The lowest BCUT2D eigenvalue weighted by Gasteiger charge is -2.29. The van der Waals surface area contributed by atoms with Crippen LogP contribution in [0.5, 0.6) is 0 Å². The number of H-pyrrole nitrogens is 1. The number of hydrogen-bond acceptors (Lipinski definition) is 5. The standard InChI is InChI=1S/C25H27N3O5/c1-33-24(31)18-10-11-20-21(15-18)26-25(32)28(23(20)30)13-6-2-3-9-22(29)27-14-12-17-7-4-5-8-19(17)16-27/h4-5,7-8,10-11,15H,2-3,6,9,12-14,16H2,1H3,(H,26,32). The summed E-state index contributed by atoms with van der Waals surface area (Å²) in [5.41, 5.74) is 2.18. The number of benzene rings is 2. The van der Waals surface area contributed by atoms with Crippen LogP contribution in [0.1, 0.15) is 47.2 Å². The minimum Gasteiger partial charge on any atom is -0.465 e. The molecule has 0 aliphatic carbocycles. The Morgan fingerprint density at radius 1 is 1.03 bits per heavy atom. The molecule has 0 radical (unpaired) electrons. The summed E-state index contributed by atoms with van der Waals surface area (Å²) in [6, 6.07) is 12.7. The van der Waals surface area contributed by atoms with Gasteiger partial charge in [0, 0.05) is 26.1 Å². The van der Waals surface area contributed by atoms with Gasteiger partial charge in [0.15, 0.2) is 0 Å². The molecule has 0 atom stereocenters. The van der Waals surface area contributed by atoms with E-state index in [1.165, 1.54) is 41.0 Å². The highest BCUT2D eigenvalue weighted by Crippen LogP contribution is 2.19. The second kappa shape index (κ2) is 9.85. The van der Waals surface area contributed by atoms with Crippen molar-refractivity contribution in [3.63, 3.8) is 0 Å². The third-order valence-electron chi connectivity index (χ3n) is 6.16. The van der Waals surface area contributed by atoms with Gasteiger partial charge in [0.2, 0.25) is 5.91 Å². The minimum absolute atomic E-state index is 0.145. The average Bonchev–Trinajstić information content (AvgIpc) is 2.84. The number of methoxy groups -OCH3 is 1. The molecule has 4 rings (SSSR count). The molecule has 1 amide bonds. The SMILES string of the molecule is COC(=O)c1ccc2c(=O)n(CCCCCC(=O)N3CCc4ccccc4C3)c(=O)[nH]c2c1. The zero-order valence-corrected chi connectivity index (χ0v) is 18.6. The lowest BCUT2D eigenvalue weighted by atomic mass is 9.99. The van der Waals surface area contributed by atoms with Crippen molar-refractivity contribution in [3.05, 3.63) is 80.0 Å². The molecule has 0 saturated heterocycles. The molecule has 0 spiro atoms. The second-order valence-electron chi connectivity index (χ2n) is 8.28. The van der Waals surface area contributed by atoms with Crippen LogP contribution in [0.2, 0.25) is 0 Å². The van der Waals surface area contributed by atoms with Crippen molar-refractivity contribution in [1.82, 2.24) is 14.5 Å². The molecule has 1 aliphatic heterocycles. The molecule has 3 aromatic rings. The van der Waals surface area contributed by atoms with Crippen LogP contribution in [0.3, 0.4) is 0 Å². The highest BCUT2D eigenvalue weighted by atomic mass is 16.5. The Bertz CT molecular complexity index is 1310. The molecule has 0 bridgehead atoms. The van der Waals surface area contributed by atoms with Crippen molar-refractivity contribution >= 4 is 22.8 Å². The Hall–Kier alpha value is -3.68. The quantitative estimate of drug-likeness (QED) is 0.441. The maximum Gasteiger partial charge on any atom is 0.337 e. The first-order valence-electron chi connectivity index (χ1n) is 11.2. The summed E-state index contributed by atoms with van der Waals surface area (Å²) in [5, 5.41) is 0.336. The Labute approximate surface area is 190 Å². The van der Waals surface area contributed by atoms with Crippen molar-refractivity contribution in [2.75, 3.05) is 13.7 Å². The van der Waals surface area contributed by atoms with E-state index in [1.54, 1.807) is 0 Å². The van der Waals surface area contributed by atoms with Gasteiger partial charge in [0.1, 0.15) is 0 Å². The number of nitrogens with zero attached hydrogens (tertiary/aromatic N) is 2. The van der Waals surface area contributed by atoms with Crippen LogP contribution in [-0.4, -0.2) is 40.0 Å². The van der Waals surface area contributed by atoms with E-state index in [9.17, 15) is 19.2 Å². The summed E-state index contributed by atoms with van der Waals surface area (Å²) < 4.78 is 5.85. The van der Waals surface area contributed by atoms with Crippen molar-refractivity contribution in [2.45, 2.75) is 45.2 Å². The van der Waals surface area contributed by atoms with Crippen molar-refractivity contribution in [1.29, 1.82) is 0 Å². The normalized spacial score (nSPS) is 13.1. The summed E-state index contributed by atoms with van der Waals surface area (Å²) in [5.74, 6) is -0.392. The van der Waals surface area contributed by atoms with E-state index in [4.69, 9.17) is 0 Å². The van der Waals surface area contributed by atoms with Gasteiger partial charge in [-0.15, -0.1) is 0 Å². The summed E-state index contributed by atoms with van der Waals surface area (Å²) in [6.07, 6.45) is 3.41. The number of unbranched alkanes of at least 4 members (excludes halogenated alkanes) is 2. The number of rotatable bonds is 7. The molecule has 1 aliphatic rings. The first-order chi connectivity index (χ1) is 16.0. The Kier molecular flexibility index (Phi) is 6.72. The zero-order valence-electron chi connectivity index (χ0n) is 18.6. The van der Waals surface area contributed by atoms with Gasteiger partial charge in [0.25, 0.3) is 5.56 Å². The topological polar surface area (TPSA) is 101 Å². The van der Waals surface area contributed by atoms with Crippen molar-refractivity contribution in [3.8, 4) is 0 Å². The molecule has 8 heteroatoms. The maximum atomic E-state index is 12.7. The number of carbonyl (C=O) groups excluding carboxylic acids is 2. The summed E-state index contributed by atoms with van der Waals surface area (Å²) in [7, 11) is 1.27. The van der Waals surface area contributed by atoms with Crippen LogP contribution in [0.4, 0.5) is 0 Å². The lowest BCUT2D eigenvalue weighted by Crippen LogP contribution is -2.36. The Morgan fingerprint density at radius 3 is 2.61 bits per heavy atom. The van der Waals surface area contributed by atoms with E-state index in [-0.39, 0.29) is 18.0 Å². The van der Waals surface area contributed by atoms with Gasteiger partial charge in [-0.2, -0.15) is 0 Å². The van der Waals surface area contributed by atoms with E-state index < -0.39 is 17.2 Å². The predicted octanol–water partition coefficient (Wildman–Crippen LogP) is 2.62. The molecule has 172 valence electrons. The number of ether oxygens (including phenoxy) is 1. The predicted molar refractivity (Wildman–Crippen MR) is 124 cm³/mol. The summed E-state index contributed by atoms with van der Waals surface area (Å²) >= 11 is 0. The smallest absolute Gasteiger partial charge is 0.337 e. The highest BCUT2D eigenvalue weighted by Gasteiger charge is 2.19. The van der Waals surface area contributed by atoms with E-state index in [0.717, 1.165) is 19.4 Å². The molecule has 2 heterocycles. The number of fused-ring (bicyclic) bond motifs is 2. The molecule has 1 aromatic heterocycles. The molecule has 8 nitrogen and oxygen atoms in total. The fourth-order valence-corrected chi connectivity index (χ4v) is 4.29. The number of carbonyl (C=O) groups is 2. The fourth-order valence-electron chi connectivity index (χ4n) is 4.29. The van der Waals surface area contributed by atoms with Gasteiger partial charge in [-0.1, -0.05) is 30.7 Å². The number of aromatic amines is 1. The molecular weight excluding hydrogens is 422 g/mol. The highest BCUT2D eigenvalue weighted by molar-refractivity contribution is 5.93. The second-order valence-corrected chi connectivity index (χ2v) is 8.28. The lowest BCUT2D eigenvalue weighted by molar-refractivity contribution is -0.132. The number of amides is 1. The van der Waals surface area contributed by atoms with E-state index >= 15 is 0 Å². The fraction of sp³-hybridized carbons (Fsp3) is 0.360. The van der Waals surface area contributed by atoms with Gasteiger partial charge < -0.3 is 14.6 Å². The monoisotopic (exact) mass is 449 g/mol. The zero-order chi connectivity index (χ0) is 23.4. The van der Waals surface area contributed by atoms with Gasteiger partial charge >= 0.3 is 11.7 Å². The Morgan fingerprint density at radius 2 is 1.82 bits per heavy atom. The maximum absolute atomic E-state index is 12.7. The van der Waals surface area contributed by atoms with E-state index in [1.807, 2.05) is 17.0 Å². The number of aromatic nitrogens is 2. The molecule has 1 N–H and O–H groups in total. The molecule has 0 saturated carbocycles. The summed E-state index contributed by atoms with van der Waals surface area (Å²) in [4.78, 5) is 54.0. The molecule has 33 heavy (non-hydrogen) atoms. The number of hydrogen-bond donors (Lipinski definition) is 1. The van der Waals surface area contributed by atoms with E-state index in [2.05, 4.69) is 21.9 Å². The number of nitrogens with one attached hydrogen (secondary N) is 1. The molecule has 2 aromatic carbocycles. The number of esters is 1. The van der Waals surface area contributed by atoms with Crippen LogP contribution in [-0.2, 0) is 29.0 Å². The van der Waals surface area contributed by atoms with Gasteiger partial charge in [0.05, 0.1) is 23.6 Å².